The fraction of sp³-hybridized carbons (Fsp3) is 0.606. The zero-order chi connectivity index (χ0) is 32.4. The molecule has 1 aliphatic heterocycles. The minimum atomic E-state index is -4.51. The van der Waals surface area contributed by atoms with Crippen molar-refractivity contribution in [1.82, 2.24) is 4.90 Å². The van der Waals surface area contributed by atoms with Crippen LogP contribution in [0.25, 0.3) is 0 Å². The summed E-state index contributed by atoms with van der Waals surface area (Å²) < 4.78 is 52.5. The lowest BCUT2D eigenvalue weighted by molar-refractivity contribution is -0.194. The first-order chi connectivity index (χ1) is 20.6. The predicted molar refractivity (Wildman–Crippen MR) is 159 cm³/mol. The number of ketones is 1. The number of hydrogen-bond acceptors (Lipinski definition) is 7. The number of hydrogen-bond donors (Lipinski definition) is 1. The number of aliphatic hydroxyl groups is 1. The molecule has 0 aromatic heterocycles. The van der Waals surface area contributed by atoms with Gasteiger partial charge in [0, 0.05) is 48.2 Å². The minimum Gasteiger partial charge on any atom is -0.393 e. The summed E-state index contributed by atoms with van der Waals surface area (Å²) in [6, 6.07) is 4.46. The maximum absolute atomic E-state index is 14.2. The number of carbonyl (C=O) groups is 3. The van der Waals surface area contributed by atoms with Gasteiger partial charge in [-0.05, 0) is 61.8 Å². The second-order valence-corrected chi connectivity index (χ2v) is 13.9. The smallest absolute Gasteiger partial charge is 0.393 e. The predicted octanol–water partition coefficient (Wildman–Crippen LogP) is 6.71. The number of halogens is 3. The number of thioether (sulfide) groups is 1. The van der Waals surface area contributed by atoms with E-state index in [0.29, 0.717) is 36.6 Å². The van der Waals surface area contributed by atoms with Crippen molar-refractivity contribution < 1.29 is 42.1 Å². The molecule has 11 heteroatoms. The molecule has 1 aromatic rings. The Morgan fingerprint density at radius 1 is 1.11 bits per heavy atom. The summed E-state index contributed by atoms with van der Waals surface area (Å²) in [4.78, 5) is 40.4. The average molecular weight is 636 g/mol. The summed E-state index contributed by atoms with van der Waals surface area (Å²) in [6.07, 6.45) is -0.0553. The van der Waals surface area contributed by atoms with Crippen molar-refractivity contribution in [2.45, 2.75) is 83.7 Å². The Kier molecular flexibility index (Phi) is 8.53. The monoisotopic (exact) mass is 635 g/mol. The molecule has 6 rings (SSSR count). The molecular formula is C33H40F3NO6S. The quantitative estimate of drug-likeness (QED) is 0.386. The highest BCUT2D eigenvalue weighted by Gasteiger charge is 2.76. The summed E-state index contributed by atoms with van der Waals surface area (Å²) in [5, 5.41) is 10.8. The van der Waals surface area contributed by atoms with Crippen LogP contribution in [0.5, 0.6) is 0 Å². The Balaban J connectivity index is 0.00000188. The molecular weight excluding hydrogens is 595 g/mol. The average Bonchev–Trinajstić information content (AvgIpc) is 3.47. The molecule has 7 nitrogen and oxygen atoms in total. The van der Waals surface area contributed by atoms with Gasteiger partial charge in [-0.25, -0.2) is 0 Å². The lowest BCUT2D eigenvalue weighted by Crippen LogP contribution is -2.62. The van der Waals surface area contributed by atoms with Crippen LogP contribution in [-0.4, -0.2) is 58.0 Å². The molecule has 1 amide bonds. The number of amides is 1. The van der Waals surface area contributed by atoms with E-state index >= 15 is 0 Å². The van der Waals surface area contributed by atoms with E-state index in [1.165, 1.54) is 17.0 Å². The summed E-state index contributed by atoms with van der Waals surface area (Å²) >= 11 is 0.533. The summed E-state index contributed by atoms with van der Waals surface area (Å²) in [5.41, 5.74) is -2.52. The molecule has 0 radical (unpaired) electrons. The van der Waals surface area contributed by atoms with Crippen LogP contribution >= 0.6 is 11.8 Å². The van der Waals surface area contributed by atoms with Gasteiger partial charge < -0.3 is 19.5 Å². The van der Waals surface area contributed by atoms with E-state index in [1.54, 1.807) is 26.2 Å². The van der Waals surface area contributed by atoms with E-state index in [2.05, 4.69) is 6.92 Å². The van der Waals surface area contributed by atoms with Crippen LogP contribution in [0.4, 0.5) is 18.0 Å². The van der Waals surface area contributed by atoms with E-state index in [-0.39, 0.29) is 30.0 Å². The number of aliphatic hydroxyl groups excluding tert-OH is 1. The molecule has 240 valence electrons. The highest BCUT2D eigenvalue weighted by atomic mass is 32.2. The van der Waals surface area contributed by atoms with Crippen molar-refractivity contribution in [3.63, 3.8) is 0 Å². The zero-order valence-corrected chi connectivity index (χ0v) is 26.6. The van der Waals surface area contributed by atoms with Crippen molar-refractivity contribution in [2.75, 3.05) is 14.1 Å². The molecule has 1 heterocycles. The molecule has 4 fully saturated rings. The second kappa shape index (κ2) is 11.4. The third-order valence-corrected chi connectivity index (χ3v) is 11.6. The molecule has 4 aliphatic carbocycles. The third kappa shape index (κ3) is 4.89. The number of ether oxygens (including phenoxy) is 2. The molecule has 44 heavy (non-hydrogen) atoms. The van der Waals surface area contributed by atoms with Crippen LogP contribution in [0, 0.1) is 28.6 Å². The highest BCUT2D eigenvalue weighted by Crippen LogP contribution is 2.71. The number of alkyl halides is 3. The Morgan fingerprint density at radius 3 is 2.39 bits per heavy atom. The lowest BCUT2D eigenvalue weighted by Gasteiger charge is -2.59. The van der Waals surface area contributed by atoms with Gasteiger partial charge in [-0.3, -0.25) is 14.4 Å². The summed E-state index contributed by atoms with van der Waals surface area (Å²) in [6.45, 7) is 7.97. The molecule has 0 bridgehead atoms. The van der Waals surface area contributed by atoms with Crippen LogP contribution in [0.15, 0.2) is 48.1 Å². The fourth-order valence-electron chi connectivity index (χ4n) is 8.64. The summed E-state index contributed by atoms with van der Waals surface area (Å²) in [5.74, 6) is -0.365. The van der Waals surface area contributed by atoms with Crippen molar-refractivity contribution in [2.24, 2.45) is 28.6 Å². The molecule has 1 aromatic carbocycles. The van der Waals surface area contributed by atoms with Crippen LogP contribution in [0.3, 0.4) is 0 Å². The number of fused-ring (bicyclic) bond motifs is 7. The maximum atomic E-state index is 14.2. The first-order valence-electron chi connectivity index (χ1n) is 15.2. The van der Waals surface area contributed by atoms with Gasteiger partial charge in [-0.2, -0.15) is 13.2 Å². The van der Waals surface area contributed by atoms with Crippen LogP contribution in [0.2, 0.25) is 0 Å². The highest BCUT2D eigenvalue weighted by molar-refractivity contribution is 8.26. The second-order valence-electron chi connectivity index (χ2n) is 12.9. The van der Waals surface area contributed by atoms with E-state index < -0.39 is 57.0 Å². The molecule has 1 unspecified atom stereocenters. The van der Waals surface area contributed by atoms with Crippen molar-refractivity contribution >= 4 is 27.9 Å². The molecule has 9 atom stereocenters. The molecule has 1 saturated heterocycles. The number of benzene rings is 1. The third-order valence-electron chi connectivity index (χ3n) is 10.6. The molecule has 5 aliphatic rings. The fourth-order valence-corrected chi connectivity index (χ4v) is 9.55. The Morgan fingerprint density at radius 2 is 1.77 bits per heavy atom. The van der Waals surface area contributed by atoms with Gasteiger partial charge in [0.1, 0.15) is 0 Å². The first-order valence-corrected chi connectivity index (χ1v) is 16.0. The van der Waals surface area contributed by atoms with Crippen molar-refractivity contribution in [3.05, 3.63) is 59.2 Å². The SMILES string of the molecule is CC.CN(C)C(=O)SC(=O)[C@@]12OC(c3ccc(C(F)(F)F)cc3)O[C@@H]1C[C@H]1[C@@H]3CCC4=CC(=O)C=C[C@]4(C)[C@H]3[C@@H](O)C[C@@]12C. The van der Waals surface area contributed by atoms with Crippen LogP contribution in [0.1, 0.15) is 70.8 Å². The Labute approximate surface area is 260 Å². The zero-order valence-electron chi connectivity index (χ0n) is 25.8. The Hall–Kier alpha value is -2.47. The van der Waals surface area contributed by atoms with Crippen LogP contribution in [-0.2, 0) is 25.2 Å². The molecule has 0 spiro atoms. The number of rotatable bonds is 2. The summed E-state index contributed by atoms with van der Waals surface area (Å²) in [7, 11) is 3.08. The molecule has 3 saturated carbocycles. The number of allylic oxidation sites excluding steroid dienone is 4. The number of carbonyl (C=O) groups excluding carboxylic acids is 3. The van der Waals surface area contributed by atoms with Gasteiger partial charge in [-0.1, -0.05) is 51.5 Å². The number of nitrogens with zero attached hydrogens (tertiary/aromatic N) is 1. The maximum Gasteiger partial charge on any atom is 0.416 e. The topological polar surface area (TPSA) is 93.1 Å². The first kappa shape index (κ1) is 32.9. The van der Waals surface area contributed by atoms with Crippen molar-refractivity contribution in [3.8, 4) is 0 Å². The van der Waals surface area contributed by atoms with E-state index in [1.807, 2.05) is 26.8 Å². The Bertz CT molecular complexity index is 1390. The van der Waals surface area contributed by atoms with Gasteiger partial charge >= 0.3 is 6.18 Å². The van der Waals surface area contributed by atoms with Crippen LogP contribution < -0.4 is 0 Å². The molecule has 1 N–H and O–H groups in total. The van der Waals surface area contributed by atoms with Gasteiger partial charge in [0.15, 0.2) is 17.7 Å². The standard InChI is InChI=1S/C31H34F3NO6S.C2H6/c1-28-12-11-19(36)13-18(28)9-10-20-21-14-23-30(26(38)42-27(39)35(3)4,29(21,2)15-22(37)24(20)28)41-25(40-23)16-5-7-17(8-6-16)31(32,33)34;1-2/h5-8,11-13,20-25,37H,9-10,14-15H2,1-4H3;1-2H3/t20-,21-,22-,23+,24+,25?,28-,29-,30-;/m0./s1. The van der Waals surface area contributed by atoms with Gasteiger partial charge in [-0.15, -0.1) is 0 Å². The van der Waals surface area contributed by atoms with Gasteiger partial charge in [0.25, 0.3) is 5.24 Å². The van der Waals surface area contributed by atoms with Gasteiger partial charge in [0.2, 0.25) is 5.12 Å². The lowest BCUT2D eigenvalue weighted by atomic mass is 9.46. The van der Waals surface area contributed by atoms with E-state index in [0.717, 1.165) is 17.7 Å². The van der Waals surface area contributed by atoms with Gasteiger partial charge in [0.05, 0.1) is 17.8 Å². The largest absolute Gasteiger partial charge is 0.416 e. The normalized spacial score (nSPS) is 38.8. The minimum absolute atomic E-state index is 0.0136. The van der Waals surface area contributed by atoms with E-state index in [9.17, 15) is 32.7 Å². The van der Waals surface area contributed by atoms with Crippen molar-refractivity contribution in [1.29, 1.82) is 0 Å². The van der Waals surface area contributed by atoms with E-state index in [4.69, 9.17) is 9.47 Å².